The van der Waals surface area contributed by atoms with Gasteiger partial charge < -0.3 is 0 Å². The van der Waals surface area contributed by atoms with Gasteiger partial charge in [-0.2, -0.15) is 0 Å². The Morgan fingerprint density at radius 2 is 2.00 bits per heavy atom. The molecule has 1 fully saturated rings. The lowest BCUT2D eigenvalue weighted by Crippen LogP contribution is -2.04. The van der Waals surface area contributed by atoms with Crippen LogP contribution in [0.15, 0.2) is 17.1 Å². The molecule has 1 rings (SSSR count). The SMILES string of the molecule is C/N=C\C=C/C1(C(C)C)CC1. The van der Waals surface area contributed by atoms with Crippen molar-refractivity contribution in [1.82, 2.24) is 0 Å². The first-order valence-electron chi connectivity index (χ1n) is 4.31. The van der Waals surface area contributed by atoms with Gasteiger partial charge in [0.15, 0.2) is 0 Å². The van der Waals surface area contributed by atoms with Gasteiger partial charge in [-0.3, -0.25) is 4.99 Å². The van der Waals surface area contributed by atoms with E-state index in [4.69, 9.17) is 0 Å². The van der Waals surface area contributed by atoms with Gasteiger partial charge in [0.2, 0.25) is 0 Å². The molecule has 0 spiro atoms. The molecule has 0 unspecified atom stereocenters. The van der Waals surface area contributed by atoms with Crippen LogP contribution in [-0.4, -0.2) is 13.3 Å². The lowest BCUT2D eigenvalue weighted by Gasteiger charge is -2.13. The van der Waals surface area contributed by atoms with Crippen LogP contribution in [0.3, 0.4) is 0 Å². The van der Waals surface area contributed by atoms with E-state index >= 15 is 0 Å². The molecular formula is C10H17N. The largest absolute Gasteiger partial charge is 0.297 e. The number of aliphatic imine (C=N–C) groups is 1. The summed E-state index contributed by atoms with van der Waals surface area (Å²) in [5.41, 5.74) is 0.529. The fourth-order valence-electron chi connectivity index (χ4n) is 1.40. The van der Waals surface area contributed by atoms with Gasteiger partial charge in [-0.25, -0.2) is 0 Å². The third-order valence-corrected chi connectivity index (χ3v) is 2.64. The average molecular weight is 151 g/mol. The van der Waals surface area contributed by atoms with Crippen molar-refractivity contribution in [2.75, 3.05) is 7.05 Å². The summed E-state index contributed by atoms with van der Waals surface area (Å²) in [5, 5.41) is 0. The molecule has 0 heterocycles. The van der Waals surface area contributed by atoms with E-state index in [1.54, 1.807) is 7.05 Å². The van der Waals surface area contributed by atoms with Gasteiger partial charge in [0, 0.05) is 13.3 Å². The molecule has 0 aliphatic heterocycles. The molecule has 0 bridgehead atoms. The molecule has 11 heavy (non-hydrogen) atoms. The van der Waals surface area contributed by atoms with E-state index < -0.39 is 0 Å². The first-order valence-corrected chi connectivity index (χ1v) is 4.31. The lowest BCUT2D eigenvalue weighted by atomic mass is 9.92. The van der Waals surface area contributed by atoms with Crippen LogP contribution in [0.25, 0.3) is 0 Å². The Labute approximate surface area is 69.2 Å². The normalized spacial score (nSPS) is 22.2. The number of hydrogen-bond acceptors (Lipinski definition) is 1. The average Bonchev–Trinajstić information content (AvgIpc) is 2.70. The topological polar surface area (TPSA) is 12.4 Å². The highest BCUT2D eigenvalue weighted by Crippen LogP contribution is 2.52. The second-order valence-corrected chi connectivity index (χ2v) is 3.65. The van der Waals surface area contributed by atoms with E-state index in [0.717, 1.165) is 5.92 Å². The standard InChI is InChI=1S/C10H17N/c1-9(2)10(6-7-10)5-4-8-11-3/h4-5,8-9H,6-7H2,1-3H3/b5-4-,11-8-. The van der Waals surface area contributed by atoms with Crippen molar-refractivity contribution in [2.24, 2.45) is 16.3 Å². The maximum Gasteiger partial charge on any atom is 0.0277 e. The van der Waals surface area contributed by atoms with Crippen molar-refractivity contribution < 1.29 is 0 Å². The van der Waals surface area contributed by atoms with E-state index in [9.17, 15) is 0 Å². The summed E-state index contributed by atoms with van der Waals surface area (Å²) >= 11 is 0. The minimum Gasteiger partial charge on any atom is -0.297 e. The van der Waals surface area contributed by atoms with Crippen molar-refractivity contribution in [1.29, 1.82) is 0 Å². The second kappa shape index (κ2) is 3.21. The monoisotopic (exact) mass is 151 g/mol. The Kier molecular flexibility index (Phi) is 2.48. The molecule has 1 saturated carbocycles. The van der Waals surface area contributed by atoms with Crippen LogP contribution in [0, 0.1) is 11.3 Å². The van der Waals surface area contributed by atoms with E-state index in [-0.39, 0.29) is 0 Å². The molecule has 0 radical (unpaired) electrons. The Bertz CT molecular complexity index is 173. The highest BCUT2D eigenvalue weighted by molar-refractivity contribution is 5.71. The van der Waals surface area contributed by atoms with Crippen molar-refractivity contribution in [2.45, 2.75) is 26.7 Å². The predicted molar refractivity (Wildman–Crippen MR) is 50.1 cm³/mol. The predicted octanol–water partition coefficient (Wildman–Crippen LogP) is 2.68. The van der Waals surface area contributed by atoms with Gasteiger partial charge in [0.1, 0.15) is 0 Å². The minimum atomic E-state index is 0.529. The number of allylic oxidation sites excluding steroid dienone is 2. The Morgan fingerprint density at radius 3 is 2.36 bits per heavy atom. The van der Waals surface area contributed by atoms with Crippen molar-refractivity contribution >= 4 is 6.21 Å². The molecule has 0 amide bonds. The summed E-state index contributed by atoms with van der Waals surface area (Å²) in [4.78, 5) is 3.91. The maximum atomic E-state index is 3.91. The van der Waals surface area contributed by atoms with Gasteiger partial charge >= 0.3 is 0 Å². The van der Waals surface area contributed by atoms with E-state index in [1.807, 2.05) is 6.21 Å². The molecule has 0 aromatic carbocycles. The van der Waals surface area contributed by atoms with Crippen molar-refractivity contribution in [3.05, 3.63) is 12.2 Å². The smallest absolute Gasteiger partial charge is 0.0277 e. The van der Waals surface area contributed by atoms with Crippen LogP contribution >= 0.6 is 0 Å². The highest BCUT2D eigenvalue weighted by atomic mass is 14.6. The molecule has 0 saturated heterocycles. The fourth-order valence-corrected chi connectivity index (χ4v) is 1.40. The second-order valence-electron chi connectivity index (χ2n) is 3.65. The summed E-state index contributed by atoms with van der Waals surface area (Å²) in [6.07, 6.45) is 8.97. The van der Waals surface area contributed by atoms with Crippen LogP contribution in [0.4, 0.5) is 0 Å². The number of nitrogens with zero attached hydrogens (tertiary/aromatic N) is 1. The fraction of sp³-hybridized carbons (Fsp3) is 0.700. The third kappa shape index (κ3) is 1.92. The molecule has 1 nitrogen and oxygen atoms in total. The summed E-state index contributed by atoms with van der Waals surface area (Å²) in [7, 11) is 1.80. The summed E-state index contributed by atoms with van der Waals surface area (Å²) in [6.45, 7) is 4.58. The zero-order chi connectivity index (χ0) is 8.32. The lowest BCUT2D eigenvalue weighted by molar-refractivity contribution is 0.448. The van der Waals surface area contributed by atoms with Crippen LogP contribution in [-0.2, 0) is 0 Å². The molecule has 0 atom stereocenters. The van der Waals surface area contributed by atoms with Crippen molar-refractivity contribution in [3.8, 4) is 0 Å². The zero-order valence-corrected chi connectivity index (χ0v) is 7.67. The van der Waals surface area contributed by atoms with E-state index in [0.29, 0.717) is 5.41 Å². The van der Waals surface area contributed by atoms with Gasteiger partial charge in [-0.1, -0.05) is 19.9 Å². The summed E-state index contributed by atoms with van der Waals surface area (Å²) in [6, 6.07) is 0. The summed E-state index contributed by atoms with van der Waals surface area (Å²) in [5.74, 6) is 0.781. The van der Waals surface area contributed by atoms with Crippen LogP contribution in [0.5, 0.6) is 0 Å². The van der Waals surface area contributed by atoms with Gasteiger partial charge in [-0.15, -0.1) is 0 Å². The van der Waals surface area contributed by atoms with E-state index in [2.05, 4.69) is 31.0 Å². The zero-order valence-electron chi connectivity index (χ0n) is 7.67. The van der Waals surface area contributed by atoms with Gasteiger partial charge in [0.05, 0.1) is 0 Å². The van der Waals surface area contributed by atoms with Crippen LogP contribution in [0.2, 0.25) is 0 Å². The number of rotatable bonds is 3. The maximum absolute atomic E-state index is 3.91. The van der Waals surface area contributed by atoms with Crippen molar-refractivity contribution in [3.63, 3.8) is 0 Å². The van der Waals surface area contributed by atoms with Crippen LogP contribution < -0.4 is 0 Å². The van der Waals surface area contributed by atoms with E-state index in [1.165, 1.54) is 12.8 Å². The molecule has 0 N–H and O–H groups in total. The third-order valence-electron chi connectivity index (χ3n) is 2.64. The molecule has 0 aromatic rings. The Morgan fingerprint density at radius 1 is 1.36 bits per heavy atom. The first kappa shape index (κ1) is 8.51. The minimum absolute atomic E-state index is 0.529. The molecule has 1 aliphatic carbocycles. The number of hydrogen-bond donors (Lipinski definition) is 0. The van der Waals surface area contributed by atoms with Gasteiger partial charge in [-0.05, 0) is 30.3 Å². The quantitative estimate of drug-likeness (QED) is 0.550. The Balaban J connectivity index is 2.47. The molecule has 62 valence electrons. The van der Waals surface area contributed by atoms with Gasteiger partial charge in [0.25, 0.3) is 0 Å². The highest BCUT2D eigenvalue weighted by Gasteiger charge is 2.42. The molecule has 1 aliphatic rings. The molecule has 0 aromatic heterocycles. The first-order chi connectivity index (χ1) is 5.21. The summed E-state index contributed by atoms with van der Waals surface area (Å²) < 4.78 is 0. The molecular weight excluding hydrogens is 134 g/mol. The van der Waals surface area contributed by atoms with Crippen LogP contribution in [0.1, 0.15) is 26.7 Å². The molecule has 1 heteroatoms. The Hall–Kier alpha value is -0.590.